The van der Waals surface area contributed by atoms with Gasteiger partial charge in [-0.15, -0.1) is 0 Å². The number of hydrogen-bond acceptors (Lipinski definition) is 4. The average Bonchev–Trinajstić information content (AvgIpc) is 2.23. The van der Waals surface area contributed by atoms with Crippen LogP contribution >= 0.6 is 0 Å². The molecule has 1 aromatic rings. The minimum atomic E-state index is -0.685. The third-order valence-corrected chi connectivity index (χ3v) is 2.36. The lowest BCUT2D eigenvalue weighted by Crippen LogP contribution is -2.33. The maximum atomic E-state index is 11.1. The highest BCUT2D eigenvalue weighted by atomic mass is 16.5. The molecule has 1 rings (SSSR count). The summed E-state index contributed by atoms with van der Waals surface area (Å²) in [5.41, 5.74) is 7.22. The Kier molecular flexibility index (Phi) is 3.68. The van der Waals surface area contributed by atoms with E-state index in [2.05, 4.69) is 4.74 Å². The normalized spacial score (nSPS) is 12.2. The highest BCUT2D eigenvalue weighted by molar-refractivity contribution is 5.75. The van der Waals surface area contributed by atoms with Gasteiger partial charge in [-0.3, -0.25) is 4.79 Å². The number of phenols is 1. The van der Waals surface area contributed by atoms with Crippen molar-refractivity contribution < 1.29 is 14.6 Å². The number of esters is 1. The lowest BCUT2D eigenvalue weighted by molar-refractivity contribution is -0.142. The molecule has 0 saturated heterocycles. The Labute approximate surface area is 88.7 Å². The second-order valence-corrected chi connectivity index (χ2v) is 3.40. The van der Waals surface area contributed by atoms with E-state index < -0.39 is 12.0 Å². The first kappa shape index (κ1) is 11.5. The SMILES string of the molecule is COC(=O)C(N)Cc1cccc(O)c1C. The van der Waals surface area contributed by atoms with Crippen LogP contribution in [-0.4, -0.2) is 24.2 Å². The topological polar surface area (TPSA) is 72.5 Å². The molecular weight excluding hydrogens is 194 g/mol. The molecule has 0 aliphatic carbocycles. The molecule has 3 N–H and O–H groups in total. The molecule has 1 aromatic carbocycles. The van der Waals surface area contributed by atoms with Crippen LogP contribution in [0.4, 0.5) is 0 Å². The molecule has 0 fully saturated rings. The average molecular weight is 209 g/mol. The lowest BCUT2D eigenvalue weighted by atomic mass is 10.0. The molecule has 0 heterocycles. The van der Waals surface area contributed by atoms with E-state index in [-0.39, 0.29) is 5.75 Å². The summed E-state index contributed by atoms with van der Waals surface area (Å²) in [6.07, 6.45) is 0.368. The Morgan fingerprint density at radius 1 is 1.60 bits per heavy atom. The highest BCUT2D eigenvalue weighted by Gasteiger charge is 2.15. The monoisotopic (exact) mass is 209 g/mol. The van der Waals surface area contributed by atoms with Crippen molar-refractivity contribution in [2.24, 2.45) is 5.73 Å². The van der Waals surface area contributed by atoms with E-state index in [0.717, 1.165) is 11.1 Å². The first-order valence-corrected chi connectivity index (χ1v) is 4.67. The number of carbonyl (C=O) groups is 1. The van der Waals surface area contributed by atoms with Crippen LogP contribution in [0, 0.1) is 6.92 Å². The van der Waals surface area contributed by atoms with E-state index in [0.29, 0.717) is 6.42 Å². The second kappa shape index (κ2) is 4.79. The van der Waals surface area contributed by atoms with Gasteiger partial charge in [0.2, 0.25) is 0 Å². The largest absolute Gasteiger partial charge is 0.508 e. The number of benzene rings is 1. The van der Waals surface area contributed by atoms with E-state index in [1.807, 2.05) is 6.07 Å². The van der Waals surface area contributed by atoms with Crippen molar-refractivity contribution in [2.45, 2.75) is 19.4 Å². The van der Waals surface area contributed by atoms with E-state index in [4.69, 9.17) is 5.73 Å². The van der Waals surface area contributed by atoms with Gasteiger partial charge in [-0.1, -0.05) is 12.1 Å². The summed E-state index contributed by atoms with van der Waals surface area (Å²) in [5, 5.41) is 9.45. The smallest absolute Gasteiger partial charge is 0.322 e. The molecule has 0 aliphatic heterocycles. The third kappa shape index (κ3) is 2.70. The van der Waals surface area contributed by atoms with Gasteiger partial charge in [-0.25, -0.2) is 0 Å². The summed E-state index contributed by atoms with van der Waals surface area (Å²) in [6.45, 7) is 1.79. The number of ether oxygens (including phenoxy) is 1. The zero-order valence-electron chi connectivity index (χ0n) is 8.86. The molecule has 0 aromatic heterocycles. The molecular formula is C11H15NO3. The number of carbonyl (C=O) groups excluding carboxylic acids is 1. The Morgan fingerprint density at radius 2 is 2.27 bits per heavy atom. The van der Waals surface area contributed by atoms with Gasteiger partial charge in [-0.05, 0) is 30.5 Å². The maximum Gasteiger partial charge on any atom is 0.322 e. The molecule has 1 unspecified atom stereocenters. The third-order valence-electron chi connectivity index (χ3n) is 2.36. The molecule has 0 spiro atoms. The quantitative estimate of drug-likeness (QED) is 0.720. The van der Waals surface area contributed by atoms with E-state index in [1.165, 1.54) is 7.11 Å². The van der Waals surface area contributed by atoms with Gasteiger partial charge in [0, 0.05) is 0 Å². The van der Waals surface area contributed by atoms with Crippen LogP contribution in [0.5, 0.6) is 5.75 Å². The lowest BCUT2D eigenvalue weighted by Gasteiger charge is -2.11. The summed E-state index contributed by atoms with van der Waals surface area (Å²) >= 11 is 0. The maximum absolute atomic E-state index is 11.1. The van der Waals surface area contributed by atoms with Gasteiger partial charge >= 0.3 is 5.97 Å². The molecule has 15 heavy (non-hydrogen) atoms. The summed E-state index contributed by atoms with van der Waals surface area (Å²) < 4.78 is 4.53. The number of aromatic hydroxyl groups is 1. The van der Waals surface area contributed by atoms with Gasteiger partial charge in [-0.2, -0.15) is 0 Å². The Morgan fingerprint density at radius 3 is 2.87 bits per heavy atom. The highest BCUT2D eigenvalue weighted by Crippen LogP contribution is 2.20. The number of phenolic OH excluding ortho intramolecular Hbond substituents is 1. The number of hydrogen-bond donors (Lipinski definition) is 2. The summed E-state index contributed by atoms with van der Waals surface area (Å²) in [4.78, 5) is 11.1. The molecule has 4 nitrogen and oxygen atoms in total. The summed E-state index contributed by atoms with van der Waals surface area (Å²) in [6, 6.07) is 4.47. The molecule has 0 radical (unpaired) electrons. The fraction of sp³-hybridized carbons (Fsp3) is 0.364. The van der Waals surface area contributed by atoms with Crippen LogP contribution in [0.25, 0.3) is 0 Å². The minimum absolute atomic E-state index is 0.213. The number of rotatable bonds is 3. The van der Waals surface area contributed by atoms with Crippen molar-refractivity contribution in [1.82, 2.24) is 0 Å². The zero-order chi connectivity index (χ0) is 11.4. The number of methoxy groups -OCH3 is 1. The first-order valence-electron chi connectivity index (χ1n) is 4.67. The van der Waals surface area contributed by atoms with Crippen LogP contribution in [-0.2, 0) is 16.0 Å². The standard InChI is InChI=1S/C11H15NO3/c1-7-8(4-3-5-10(7)13)6-9(12)11(14)15-2/h3-5,9,13H,6,12H2,1-2H3. The van der Waals surface area contributed by atoms with Crippen molar-refractivity contribution in [1.29, 1.82) is 0 Å². The number of nitrogens with two attached hydrogens (primary N) is 1. The van der Waals surface area contributed by atoms with Gasteiger partial charge in [0.25, 0.3) is 0 Å². The molecule has 0 saturated carbocycles. The van der Waals surface area contributed by atoms with Gasteiger partial charge in [0.05, 0.1) is 7.11 Å². The van der Waals surface area contributed by atoms with E-state index in [9.17, 15) is 9.90 Å². The van der Waals surface area contributed by atoms with Gasteiger partial charge in [0.1, 0.15) is 11.8 Å². The molecule has 0 amide bonds. The molecule has 0 bridgehead atoms. The van der Waals surface area contributed by atoms with Crippen molar-refractivity contribution in [3.63, 3.8) is 0 Å². The van der Waals surface area contributed by atoms with Crippen molar-refractivity contribution in [2.75, 3.05) is 7.11 Å². The van der Waals surface area contributed by atoms with E-state index in [1.54, 1.807) is 19.1 Å². The molecule has 4 heteroatoms. The summed E-state index contributed by atoms with van der Waals surface area (Å²) in [5.74, 6) is -0.234. The van der Waals surface area contributed by atoms with Crippen molar-refractivity contribution in [3.05, 3.63) is 29.3 Å². The first-order chi connectivity index (χ1) is 7.06. The van der Waals surface area contributed by atoms with E-state index >= 15 is 0 Å². The second-order valence-electron chi connectivity index (χ2n) is 3.40. The zero-order valence-corrected chi connectivity index (χ0v) is 8.86. The molecule has 1 atom stereocenters. The van der Waals surface area contributed by atoms with Crippen LogP contribution in [0.2, 0.25) is 0 Å². The van der Waals surface area contributed by atoms with Crippen LogP contribution < -0.4 is 5.73 Å². The van der Waals surface area contributed by atoms with Gasteiger partial charge in [0.15, 0.2) is 0 Å². The van der Waals surface area contributed by atoms with Crippen molar-refractivity contribution in [3.8, 4) is 5.75 Å². The Bertz CT molecular complexity index is 363. The molecule has 0 aliphatic rings. The minimum Gasteiger partial charge on any atom is -0.508 e. The fourth-order valence-corrected chi connectivity index (χ4v) is 1.36. The Balaban J connectivity index is 2.81. The van der Waals surface area contributed by atoms with Crippen LogP contribution in [0.1, 0.15) is 11.1 Å². The van der Waals surface area contributed by atoms with Crippen molar-refractivity contribution >= 4 is 5.97 Å². The Hall–Kier alpha value is -1.55. The van der Waals surface area contributed by atoms with Crippen LogP contribution in [0.15, 0.2) is 18.2 Å². The fourth-order valence-electron chi connectivity index (χ4n) is 1.36. The van der Waals surface area contributed by atoms with Crippen LogP contribution in [0.3, 0.4) is 0 Å². The van der Waals surface area contributed by atoms with Gasteiger partial charge < -0.3 is 15.6 Å². The molecule has 82 valence electrons. The predicted octanol–water partition coefficient (Wildman–Crippen LogP) is 0.743. The predicted molar refractivity (Wildman–Crippen MR) is 56.5 cm³/mol. The summed E-state index contributed by atoms with van der Waals surface area (Å²) in [7, 11) is 1.30.